The molecule has 0 aliphatic carbocycles. The zero-order valence-electron chi connectivity index (χ0n) is 11.4. The molecule has 0 saturated heterocycles. The third-order valence-electron chi connectivity index (χ3n) is 3.06. The molecular formula is C15H15N3OS. The standard InChI is InChI=1S/C15H15N3OS/c1-3-19-12-6-4-5-11(9-12)18-14-13(17-15(18)20)8-7-10(2)16-14/h4-9H,3H2,1-2H3,(H,17,20). The van der Waals surface area contributed by atoms with Crippen LogP contribution in [-0.4, -0.2) is 21.1 Å². The fraction of sp³-hybridized carbons (Fsp3) is 0.200. The summed E-state index contributed by atoms with van der Waals surface area (Å²) in [7, 11) is 0. The Kier molecular flexibility index (Phi) is 3.28. The van der Waals surface area contributed by atoms with Crippen LogP contribution < -0.4 is 4.74 Å². The van der Waals surface area contributed by atoms with Crippen molar-refractivity contribution >= 4 is 23.4 Å². The molecule has 0 amide bonds. The Balaban J connectivity index is 2.23. The Morgan fingerprint density at radius 1 is 1.30 bits per heavy atom. The van der Waals surface area contributed by atoms with E-state index in [2.05, 4.69) is 9.97 Å². The van der Waals surface area contributed by atoms with Crippen molar-refractivity contribution in [3.63, 3.8) is 0 Å². The van der Waals surface area contributed by atoms with Gasteiger partial charge in [0.05, 0.1) is 17.8 Å². The largest absolute Gasteiger partial charge is 0.494 e. The second-order valence-corrected chi connectivity index (χ2v) is 4.91. The third kappa shape index (κ3) is 2.20. The van der Waals surface area contributed by atoms with Crippen LogP contribution in [0.25, 0.3) is 16.9 Å². The van der Waals surface area contributed by atoms with Crippen molar-refractivity contribution in [3.05, 3.63) is 46.9 Å². The first-order chi connectivity index (χ1) is 9.69. The molecule has 0 aliphatic rings. The summed E-state index contributed by atoms with van der Waals surface area (Å²) < 4.78 is 8.10. The molecule has 0 aliphatic heterocycles. The Morgan fingerprint density at radius 2 is 2.15 bits per heavy atom. The number of benzene rings is 1. The van der Waals surface area contributed by atoms with E-state index in [1.807, 2.05) is 54.8 Å². The Labute approximate surface area is 122 Å². The number of aromatic nitrogens is 3. The van der Waals surface area contributed by atoms with Crippen molar-refractivity contribution in [2.75, 3.05) is 6.61 Å². The van der Waals surface area contributed by atoms with E-state index in [0.29, 0.717) is 11.4 Å². The van der Waals surface area contributed by atoms with Crippen LogP contribution >= 0.6 is 12.2 Å². The zero-order valence-corrected chi connectivity index (χ0v) is 12.2. The van der Waals surface area contributed by atoms with Crippen molar-refractivity contribution in [3.8, 4) is 11.4 Å². The molecule has 3 rings (SSSR count). The fourth-order valence-corrected chi connectivity index (χ4v) is 2.50. The molecule has 0 unspecified atom stereocenters. The molecule has 3 aromatic rings. The highest BCUT2D eigenvalue weighted by Crippen LogP contribution is 2.22. The second-order valence-electron chi connectivity index (χ2n) is 4.52. The predicted octanol–water partition coefficient (Wildman–Crippen LogP) is 3.79. The number of rotatable bonds is 3. The van der Waals surface area contributed by atoms with Crippen LogP contribution in [0.3, 0.4) is 0 Å². The van der Waals surface area contributed by atoms with E-state index in [0.717, 1.165) is 28.3 Å². The number of fused-ring (bicyclic) bond motifs is 1. The second kappa shape index (κ2) is 5.09. The van der Waals surface area contributed by atoms with E-state index in [-0.39, 0.29) is 0 Å². The molecule has 5 heteroatoms. The average molecular weight is 285 g/mol. The molecule has 0 atom stereocenters. The molecule has 4 nitrogen and oxygen atoms in total. The van der Waals surface area contributed by atoms with E-state index in [9.17, 15) is 0 Å². The lowest BCUT2D eigenvalue weighted by Crippen LogP contribution is -1.98. The number of hydrogen-bond donors (Lipinski definition) is 1. The van der Waals surface area contributed by atoms with E-state index in [4.69, 9.17) is 17.0 Å². The van der Waals surface area contributed by atoms with Gasteiger partial charge in [0.15, 0.2) is 10.4 Å². The molecule has 0 saturated carbocycles. The summed E-state index contributed by atoms with van der Waals surface area (Å²) in [6.45, 7) is 4.57. The van der Waals surface area contributed by atoms with Gasteiger partial charge in [0, 0.05) is 11.8 Å². The monoisotopic (exact) mass is 285 g/mol. The van der Waals surface area contributed by atoms with E-state index >= 15 is 0 Å². The number of ether oxygens (including phenoxy) is 1. The number of aromatic amines is 1. The summed E-state index contributed by atoms with van der Waals surface area (Å²) in [6.07, 6.45) is 0. The lowest BCUT2D eigenvalue weighted by atomic mass is 10.3. The van der Waals surface area contributed by atoms with Gasteiger partial charge in [-0.1, -0.05) is 6.07 Å². The normalized spacial score (nSPS) is 10.9. The van der Waals surface area contributed by atoms with Gasteiger partial charge in [-0.25, -0.2) is 4.98 Å². The number of hydrogen-bond acceptors (Lipinski definition) is 3. The van der Waals surface area contributed by atoms with Crippen LogP contribution in [0.1, 0.15) is 12.6 Å². The maximum Gasteiger partial charge on any atom is 0.184 e. The minimum Gasteiger partial charge on any atom is -0.494 e. The number of nitrogens with zero attached hydrogens (tertiary/aromatic N) is 2. The smallest absolute Gasteiger partial charge is 0.184 e. The minimum absolute atomic E-state index is 0.631. The highest BCUT2D eigenvalue weighted by atomic mass is 32.1. The number of pyridine rings is 1. The van der Waals surface area contributed by atoms with Crippen molar-refractivity contribution in [1.29, 1.82) is 0 Å². The molecule has 2 heterocycles. The summed E-state index contributed by atoms with van der Waals surface area (Å²) in [5.41, 5.74) is 3.68. The highest BCUT2D eigenvalue weighted by molar-refractivity contribution is 7.71. The van der Waals surface area contributed by atoms with Crippen LogP contribution in [0.2, 0.25) is 0 Å². The molecule has 2 aromatic heterocycles. The number of imidazole rings is 1. The van der Waals surface area contributed by atoms with Crippen molar-refractivity contribution in [1.82, 2.24) is 14.5 Å². The van der Waals surface area contributed by atoms with Crippen molar-refractivity contribution in [2.24, 2.45) is 0 Å². The van der Waals surface area contributed by atoms with Gasteiger partial charge < -0.3 is 9.72 Å². The maximum atomic E-state index is 5.54. The lowest BCUT2D eigenvalue weighted by Gasteiger charge is -2.07. The summed E-state index contributed by atoms with van der Waals surface area (Å²) in [5, 5.41) is 0. The van der Waals surface area contributed by atoms with Gasteiger partial charge in [-0.05, 0) is 50.3 Å². The molecule has 0 radical (unpaired) electrons. The summed E-state index contributed by atoms with van der Waals surface area (Å²) in [4.78, 5) is 7.75. The average Bonchev–Trinajstić information content (AvgIpc) is 2.75. The number of H-pyrrole nitrogens is 1. The van der Waals surface area contributed by atoms with Gasteiger partial charge in [-0.15, -0.1) is 0 Å². The minimum atomic E-state index is 0.631. The van der Waals surface area contributed by atoms with Gasteiger partial charge in [-0.2, -0.15) is 0 Å². The molecule has 0 spiro atoms. The fourth-order valence-electron chi connectivity index (χ4n) is 2.20. The first kappa shape index (κ1) is 12.9. The summed E-state index contributed by atoms with van der Waals surface area (Å²) in [6, 6.07) is 11.8. The number of aryl methyl sites for hydroxylation is 1. The van der Waals surface area contributed by atoms with Gasteiger partial charge in [0.2, 0.25) is 0 Å². The first-order valence-corrected chi connectivity index (χ1v) is 6.91. The Bertz CT molecular complexity index is 819. The quantitative estimate of drug-likeness (QED) is 0.744. The van der Waals surface area contributed by atoms with Crippen LogP contribution in [0, 0.1) is 11.7 Å². The van der Waals surface area contributed by atoms with Crippen LogP contribution in [0.5, 0.6) is 5.75 Å². The van der Waals surface area contributed by atoms with Crippen molar-refractivity contribution in [2.45, 2.75) is 13.8 Å². The van der Waals surface area contributed by atoms with Crippen LogP contribution in [-0.2, 0) is 0 Å². The van der Waals surface area contributed by atoms with E-state index in [1.165, 1.54) is 0 Å². The van der Waals surface area contributed by atoms with Crippen LogP contribution in [0.15, 0.2) is 36.4 Å². The Hall–Kier alpha value is -2.14. The lowest BCUT2D eigenvalue weighted by molar-refractivity contribution is 0.340. The first-order valence-electron chi connectivity index (χ1n) is 6.50. The summed E-state index contributed by atoms with van der Waals surface area (Å²) in [5.74, 6) is 0.828. The SMILES string of the molecule is CCOc1cccc(-n2c(=S)[nH]c3ccc(C)nc32)c1. The topological polar surface area (TPSA) is 42.8 Å². The predicted molar refractivity (Wildman–Crippen MR) is 82.2 cm³/mol. The molecule has 0 fully saturated rings. The van der Waals surface area contributed by atoms with E-state index in [1.54, 1.807) is 0 Å². The van der Waals surface area contributed by atoms with Gasteiger partial charge in [-0.3, -0.25) is 4.57 Å². The maximum absolute atomic E-state index is 5.54. The highest BCUT2D eigenvalue weighted by Gasteiger charge is 2.08. The number of nitrogens with one attached hydrogen (secondary N) is 1. The van der Waals surface area contributed by atoms with Gasteiger partial charge >= 0.3 is 0 Å². The molecule has 20 heavy (non-hydrogen) atoms. The molecule has 1 aromatic carbocycles. The molecule has 1 N–H and O–H groups in total. The van der Waals surface area contributed by atoms with E-state index < -0.39 is 0 Å². The molecule has 102 valence electrons. The van der Waals surface area contributed by atoms with Gasteiger partial charge in [0.1, 0.15) is 5.75 Å². The summed E-state index contributed by atoms with van der Waals surface area (Å²) >= 11 is 5.41. The molecular weight excluding hydrogens is 270 g/mol. The third-order valence-corrected chi connectivity index (χ3v) is 3.34. The van der Waals surface area contributed by atoms with Crippen LogP contribution in [0.4, 0.5) is 0 Å². The van der Waals surface area contributed by atoms with Gasteiger partial charge in [0.25, 0.3) is 0 Å². The molecule has 0 bridgehead atoms. The zero-order chi connectivity index (χ0) is 14.1. The van der Waals surface area contributed by atoms with Crippen molar-refractivity contribution < 1.29 is 4.74 Å². The Morgan fingerprint density at radius 3 is 2.95 bits per heavy atom.